The Kier molecular flexibility index (Phi) is 7.01. The molecule has 4 aromatic rings. The zero-order valence-corrected chi connectivity index (χ0v) is 20.4. The van der Waals surface area contributed by atoms with E-state index in [2.05, 4.69) is 56.6 Å². The highest BCUT2D eigenvalue weighted by atomic mass is 16.5. The Balaban J connectivity index is 1.37. The van der Waals surface area contributed by atoms with E-state index in [1.165, 1.54) is 11.1 Å². The highest BCUT2D eigenvalue weighted by Gasteiger charge is 2.22. The molecule has 1 fully saturated rings. The van der Waals surface area contributed by atoms with E-state index in [4.69, 9.17) is 4.74 Å². The van der Waals surface area contributed by atoms with Crippen LogP contribution in [-0.2, 0) is 30.8 Å². The number of hydrogen-bond donors (Lipinski definition) is 1. The van der Waals surface area contributed by atoms with E-state index in [9.17, 15) is 4.79 Å². The molecule has 2 aromatic carbocycles. The van der Waals surface area contributed by atoms with Gasteiger partial charge in [0.05, 0.1) is 18.2 Å². The summed E-state index contributed by atoms with van der Waals surface area (Å²) in [7, 11) is 0. The van der Waals surface area contributed by atoms with Crippen LogP contribution >= 0.6 is 0 Å². The molecule has 0 saturated carbocycles. The third kappa shape index (κ3) is 5.49. The Hall–Kier alpha value is -3.36. The van der Waals surface area contributed by atoms with Gasteiger partial charge in [-0.25, -0.2) is 4.68 Å². The predicted molar refractivity (Wildman–Crippen MR) is 135 cm³/mol. The van der Waals surface area contributed by atoms with Crippen LogP contribution in [0.4, 0.5) is 0 Å². The fourth-order valence-electron chi connectivity index (χ4n) is 4.78. The molecule has 35 heavy (non-hydrogen) atoms. The molecule has 5 rings (SSSR count). The maximum Gasteiger partial charge on any atom is 0.252 e. The summed E-state index contributed by atoms with van der Waals surface area (Å²) in [4.78, 5) is 18.4. The van der Waals surface area contributed by atoms with Crippen LogP contribution in [-0.4, -0.2) is 49.3 Å². The molecule has 1 N–H and O–H groups in total. The molecule has 0 unspecified atom stereocenters. The van der Waals surface area contributed by atoms with E-state index < -0.39 is 0 Å². The lowest BCUT2D eigenvalue weighted by atomic mass is 10.0. The maximum atomic E-state index is 13.0. The van der Waals surface area contributed by atoms with Crippen molar-refractivity contribution in [3.8, 4) is 0 Å². The van der Waals surface area contributed by atoms with Crippen molar-refractivity contribution in [2.75, 3.05) is 13.2 Å². The van der Waals surface area contributed by atoms with Crippen LogP contribution in [0.2, 0.25) is 0 Å². The Bertz CT molecular complexity index is 1340. The minimum atomic E-state index is -0.0489. The van der Waals surface area contributed by atoms with Gasteiger partial charge in [-0.3, -0.25) is 9.69 Å². The average Bonchev–Trinajstić information content (AvgIpc) is 3.54. The number of aryl methyl sites for hydroxylation is 4. The number of H-pyrrole nitrogens is 1. The van der Waals surface area contributed by atoms with Gasteiger partial charge in [-0.2, -0.15) is 0 Å². The average molecular weight is 473 g/mol. The lowest BCUT2D eigenvalue weighted by molar-refractivity contribution is 0.0663. The summed E-state index contributed by atoms with van der Waals surface area (Å²) in [6.45, 7) is 7.39. The predicted octanol–water partition coefficient (Wildman–Crippen LogP) is 3.56. The molecule has 182 valence electrons. The van der Waals surface area contributed by atoms with Gasteiger partial charge in [-0.05, 0) is 71.7 Å². The second-order valence-corrected chi connectivity index (χ2v) is 9.45. The summed E-state index contributed by atoms with van der Waals surface area (Å²) in [6.07, 6.45) is 3.12. The van der Waals surface area contributed by atoms with E-state index in [0.717, 1.165) is 60.3 Å². The molecule has 3 heterocycles. The minimum absolute atomic E-state index is 0.0489. The number of nitrogens with zero attached hydrogens (tertiary/aromatic N) is 5. The SMILES string of the molecule is Cc1ccc2cc(CN(Cc3nnnn3CCc3ccccc3)C[C@H]3CCCO3)c(=O)[nH]c2c1C. The number of benzene rings is 2. The number of pyridine rings is 1. The quantitative estimate of drug-likeness (QED) is 0.401. The molecule has 0 radical (unpaired) electrons. The van der Waals surface area contributed by atoms with Gasteiger partial charge in [0.2, 0.25) is 0 Å². The molecule has 0 amide bonds. The Morgan fingerprint density at radius 1 is 1.14 bits per heavy atom. The molecule has 1 aliphatic rings. The Labute approximate surface area is 204 Å². The summed E-state index contributed by atoms with van der Waals surface area (Å²) in [5.74, 6) is 0.794. The summed E-state index contributed by atoms with van der Waals surface area (Å²) in [6, 6.07) is 16.5. The standard InChI is InChI=1S/C27H32N6O2/c1-19-10-11-22-15-23(27(34)28-26(22)20(19)2)16-32(17-24-9-6-14-35-24)18-25-29-30-31-33(25)13-12-21-7-4-3-5-8-21/h3-5,7-8,10-11,15,24H,6,9,12-14,16-18H2,1-2H3,(H,28,34)/t24-/m1/s1. The molecule has 1 atom stereocenters. The highest BCUT2D eigenvalue weighted by molar-refractivity contribution is 5.83. The maximum absolute atomic E-state index is 13.0. The van der Waals surface area contributed by atoms with Crippen LogP contribution in [0.3, 0.4) is 0 Å². The van der Waals surface area contributed by atoms with Crippen molar-refractivity contribution in [1.82, 2.24) is 30.1 Å². The molecule has 1 saturated heterocycles. The lowest BCUT2D eigenvalue weighted by Gasteiger charge is -2.24. The number of nitrogens with one attached hydrogen (secondary N) is 1. The molecule has 8 nitrogen and oxygen atoms in total. The van der Waals surface area contributed by atoms with Crippen molar-refractivity contribution in [3.63, 3.8) is 0 Å². The molecule has 2 aromatic heterocycles. The first-order valence-electron chi connectivity index (χ1n) is 12.3. The third-order valence-electron chi connectivity index (χ3n) is 6.93. The van der Waals surface area contributed by atoms with Crippen LogP contribution in [0.15, 0.2) is 53.3 Å². The number of rotatable bonds is 9. The van der Waals surface area contributed by atoms with Gasteiger partial charge >= 0.3 is 0 Å². The number of aromatic nitrogens is 5. The van der Waals surface area contributed by atoms with Crippen molar-refractivity contribution in [2.45, 2.75) is 58.8 Å². The van der Waals surface area contributed by atoms with Crippen LogP contribution in [0.25, 0.3) is 10.9 Å². The largest absolute Gasteiger partial charge is 0.377 e. The van der Waals surface area contributed by atoms with Crippen molar-refractivity contribution >= 4 is 10.9 Å². The summed E-state index contributed by atoms with van der Waals surface area (Å²) in [5, 5.41) is 13.5. The fourth-order valence-corrected chi connectivity index (χ4v) is 4.78. The van der Waals surface area contributed by atoms with Crippen LogP contribution in [0.1, 0.15) is 40.9 Å². The molecule has 0 bridgehead atoms. The van der Waals surface area contributed by atoms with E-state index >= 15 is 0 Å². The van der Waals surface area contributed by atoms with Crippen molar-refractivity contribution < 1.29 is 4.74 Å². The number of hydrogen-bond acceptors (Lipinski definition) is 6. The number of aromatic amines is 1. The van der Waals surface area contributed by atoms with E-state index in [1.807, 2.05) is 35.9 Å². The van der Waals surface area contributed by atoms with Gasteiger partial charge in [0.15, 0.2) is 5.82 Å². The monoisotopic (exact) mass is 472 g/mol. The first-order valence-corrected chi connectivity index (χ1v) is 12.3. The second kappa shape index (κ2) is 10.5. The van der Waals surface area contributed by atoms with Gasteiger partial charge in [0.1, 0.15) is 0 Å². The fraction of sp³-hybridized carbons (Fsp3) is 0.407. The lowest BCUT2D eigenvalue weighted by Crippen LogP contribution is -2.34. The Morgan fingerprint density at radius 3 is 2.80 bits per heavy atom. The van der Waals surface area contributed by atoms with Crippen molar-refractivity contribution in [2.24, 2.45) is 0 Å². The van der Waals surface area contributed by atoms with Crippen molar-refractivity contribution in [1.29, 1.82) is 0 Å². The smallest absolute Gasteiger partial charge is 0.252 e. The highest BCUT2D eigenvalue weighted by Crippen LogP contribution is 2.21. The minimum Gasteiger partial charge on any atom is -0.377 e. The van der Waals surface area contributed by atoms with Gasteiger partial charge in [0.25, 0.3) is 5.56 Å². The Morgan fingerprint density at radius 2 is 2.00 bits per heavy atom. The van der Waals surface area contributed by atoms with Gasteiger partial charge in [-0.15, -0.1) is 5.10 Å². The van der Waals surface area contributed by atoms with Gasteiger partial charge < -0.3 is 9.72 Å². The first-order chi connectivity index (χ1) is 17.1. The van der Waals surface area contributed by atoms with E-state index in [0.29, 0.717) is 19.6 Å². The van der Waals surface area contributed by atoms with E-state index in [1.54, 1.807) is 0 Å². The molecule has 8 heteroatoms. The first kappa shape index (κ1) is 23.4. The number of tetrazole rings is 1. The molecule has 1 aliphatic heterocycles. The number of ether oxygens (including phenoxy) is 1. The molecule has 0 spiro atoms. The second-order valence-electron chi connectivity index (χ2n) is 9.45. The van der Waals surface area contributed by atoms with E-state index in [-0.39, 0.29) is 11.7 Å². The normalized spacial score (nSPS) is 15.9. The van der Waals surface area contributed by atoms with Crippen LogP contribution < -0.4 is 5.56 Å². The topological polar surface area (TPSA) is 88.9 Å². The zero-order chi connectivity index (χ0) is 24.2. The number of fused-ring (bicyclic) bond motifs is 1. The summed E-state index contributed by atoms with van der Waals surface area (Å²) in [5.41, 5.74) is 5.13. The van der Waals surface area contributed by atoms with Crippen molar-refractivity contribution in [3.05, 3.63) is 87.0 Å². The van der Waals surface area contributed by atoms with Crippen LogP contribution in [0.5, 0.6) is 0 Å². The summed E-state index contributed by atoms with van der Waals surface area (Å²) >= 11 is 0. The molecular weight excluding hydrogens is 440 g/mol. The zero-order valence-electron chi connectivity index (χ0n) is 20.4. The van der Waals surface area contributed by atoms with Gasteiger partial charge in [-0.1, -0.05) is 42.5 Å². The summed E-state index contributed by atoms with van der Waals surface area (Å²) < 4.78 is 7.79. The third-order valence-corrected chi connectivity index (χ3v) is 6.93. The molecular formula is C27H32N6O2. The van der Waals surface area contributed by atoms with Crippen LogP contribution in [0, 0.1) is 13.8 Å². The molecule has 0 aliphatic carbocycles. The van der Waals surface area contributed by atoms with Gasteiger partial charge in [0, 0.05) is 31.8 Å².